The van der Waals surface area contributed by atoms with Crippen LogP contribution in [0.1, 0.15) is 19.4 Å². The molecule has 0 bridgehead atoms. The van der Waals surface area contributed by atoms with Crippen molar-refractivity contribution < 1.29 is 19.1 Å². The van der Waals surface area contributed by atoms with Gasteiger partial charge in [-0.15, -0.1) is 0 Å². The molecule has 0 saturated carbocycles. The van der Waals surface area contributed by atoms with Crippen molar-refractivity contribution in [2.24, 2.45) is 12.0 Å². The normalized spacial score (nSPS) is 16.1. The van der Waals surface area contributed by atoms with E-state index in [0.717, 1.165) is 23.1 Å². The summed E-state index contributed by atoms with van der Waals surface area (Å²) in [6, 6.07) is 11.5. The number of anilines is 3. The van der Waals surface area contributed by atoms with Crippen LogP contribution < -0.4 is 25.6 Å². The lowest BCUT2D eigenvalue weighted by Crippen LogP contribution is -2.43. The van der Waals surface area contributed by atoms with E-state index in [2.05, 4.69) is 27.4 Å². The SMILES string of the molecule is C=C/C=C\C(=O)Nc1cc(NC2=NC(C(=O)OC(C)C)(c3cn(C)c4ccccc34)C=CN2)c(OC)cc1N(C)CCN(C)C. The third kappa shape index (κ3) is 7.38. The van der Waals surface area contributed by atoms with E-state index >= 15 is 0 Å². The fraction of sp³-hybridized carbons (Fsp3) is 0.324. The van der Waals surface area contributed by atoms with Crippen molar-refractivity contribution >= 4 is 45.8 Å². The van der Waals surface area contributed by atoms with E-state index in [1.165, 1.54) is 12.2 Å². The maximum atomic E-state index is 13.9. The number of rotatable bonds is 12. The van der Waals surface area contributed by atoms with Gasteiger partial charge in [0, 0.05) is 68.2 Å². The Kier molecular flexibility index (Phi) is 10.4. The Morgan fingerprint density at radius 1 is 1.16 bits per heavy atom. The maximum absolute atomic E-state index is 13.9. The summed E-state index contributed by atoms with van der Waals surface area (Å²) in [5, 5.41) is 10.3. The van der Waals surface area contributed by atoms with E-state index in [9.17, 15) is 9.59 Å². The highest BCUT2D eigenvalue weighted by molar-refractivity contribution is 6.05. The van der Waals surface area contributed by atoms with Gasteiger partial charge in [0.1, 0.15) is 5.75 Å². The largest absolute Gasteiger partial charge is 0.494 e. The van der Waals surface area contributed by atoms with Crippen LogP contribution in [0.3, 0.4) is 0 Å². The number of allylic oxidation sites excluding steroid dienone is 2. The van der Waals surface area contributed by atoms with Crippen LogP contribution in [-0.4, -0.2) is 74.7 Å². The van der Waals surface area contributed by atoms with E-state index in [1.54, 1.807) is 31.5 Å². The van der Waals surface area contributed by atoms with E-state index in [1.807, 2.05) is 88.0 Å². The van der Waals surface area contributed by atoms with Crippen LogP contribution in [0.5, 0.6) is 5.75 Å². The summed E-state index contributed by atoms with van der Waals surface area (Å²) in [4.78, 5) is 35.7. The quantitative estimate of drug-likeness (QED) is 0.154. The second-order valence-electron chi connectivity index (χ2n) is 11.3. The second kappa shape index (κ2) is 14.2. The number of nitrogens with zero attached hydrogens (tertiary/aromatic N) is 4. The van der Waals surface area contributed by atoms with Crippen molar-refractivity contribution in [3.63, 3.8) is 0 Å². The number of aliphatic imine (C=N–C) groups is 1. The number of nitrogens with one attached hydrogen (secondary N) is 3. The van der Waals surface area contributed by atoms with Crippen molar-refractivity contribution in [1.29, 1.82) is 0 Å². The Labute approximate surface area is 264 Å². The molecule has 3 N–H and O–H groups in total. The van der Waals surface area contributed by atoms with Gasteiger partial charge >= 0.3 is 5.97 Å². The lowest BCUT2D eigenvalue weighted by Gasteiger charge is -2.30. The number of carbonyl (C=O) groups excluding carboxylic acids is 2. The zero-order chi connectivity index (χ0) is 32.7. The molecule has 0 radical (unpaired) electrons. The van der Waals surface area contributed by atoms with Gasteiger partial charge in [-0.2, -0.15) is 0 Å². The lowest BCUT2D eigenvalue weighted by atomic mass is 9.89. The number of likely N-dealkylation sites (N-methyl/N-ethyl adjacent to an activating group) is 2. The number of hydrogen-bond donors (Lipinski definition) is 3. The van der Waals surface area contributed by atoms with Crippen LogP contribution in [0, 0.1) is 0 Å². The number of benzene rings is 2. The standard InChI is InChI=1S/C34H43N7O4/c1-9-10-15-31(42)36-26-20-27(30(44-8)21-29(26)40(6)19-18-39(4)5)37-33-35-17-16-34(38-33,32(43)45-23(2)3)25-22-41(7)28-14-12-11-13-24(25)28/h9-17,20-23H,1,18-19H2,2-8H3,(H,36,42)(H2,35,37,38)/b15-10-. The van der Waals surface area contributed by atoms with Crippen LogP contribution in [-0.2, 0) is 26.9 Å². The van der Waals surface area contributed by atoms with Crippen molar-refractivity contribution in [2.75, 3.05) is 56.9 Å². The van der Waals surface area contributed by atoms with Crippen molar-refractivity contribution in [3.05, 3.63) is 85.2 Å². The minimum atomic E-state index is -1.47. The summed E-state index contributed by atoms with van der Waals surface area (Å²) in [6.07, 6.45) is 9.47. The molecule has 1 atom stereocenters. The highest BCUT2D eigenvalue weighted by Crippen LogP contribution is 2.39. The molecule has 45 heavy (non-hydrogen) atoms. The molecule has 1 unspecified atom stereocenters. The number of fused-ring (bicyclic) bond motifs is 1. The number of carbonyl (C=O) groups is 2. The van der Waals surface area contributed by atoms with Crippen molar-refractivity contribution in [1.82, 2.24) is 14.8 Å². The number of methoxy groups -OCH3 is 1. The first-order valence-corrected chi connectivity index (χ1v) is 14.7. The molecular weight excluding hydrogens is 570 g/mol. The van der Waals surface area contributed by atoms with E-state index in [-0.39, 0.29) is 12.0 Å². The monoisotopic (exact) mass is 613 g/mol. The van der Waals surface area contributed by atoms with Crippen LogP contribution in [0.15, 0.2) is 84.7 Å². The molecule has 2 heterocycles. The van der Waals surface area contributed by atoms with E-state index < -0.39 is 11.5 Å². The predicted octanol–water partition coefficient (Wildman–Crippen LogP) is 4.60. The smallest absolute Gasteiger partial charge is 0.343 e. The third-order valence-corrected chi connectivity index (χ3v) is 7.30. The minimum Gasteiger partial charge on any atom is -0.494 e. The fourth-order valence-corrected chi connectivity index (χ4v) is 5.05. The van der Waals surface area contributed by atoms with Crippen molar-refractivity contribution in [2.45, 2.75) is 25.5 Å². The molecular formula is C34H43N7O4. The molecule has 2 aromatic carbocycles. The van der Waals surface area contributed by atoms with Gasteiger partial charge < -0.3 is 39.8 Å². The Bertz CT molecular complexity index is 1650. The van der Waals surface area contributed by atoms with Gasteiger partial charge in [-0.3, -0.25) is 4.79 Å². The van der Waals surface area contributed by atoms with Gasteiger partial charge in [0.15, 0.2) is 0 Å². The molecule has 11 heteroatoms. The summed E-state index contributed by atoms with van der Waals surface area (Å²) in [6.45, 7) is 8.77. The number of aryl methyl sites for hydroxylation is 1. The molecule has 0 saturated heterocycles. The molecule has 0 fully saturated rings. The summed E-state index contributed by atoms with van der Waals surface area (Å²) in [5.41, 5.74) is 2.03. The molecule has 4 rings (SSSR count). The highest BCUT2D eigenvalue weighted by Gasteiger charge is 2.44. The Balaban J connectivity index is 1.81. The van der Waals surface area contributed by atoms with Gasteiger partial charge in [0.05, 0.1) is 30.3 Å². The number of esters is 1. The Hall–Kier alpha value is -5.03. The maximum Gasteiger partial charge on any atom is 0.343 e. The number of ether oxygens (including phenoxy) is 2. The zero-order valence-electron chi connectivity index (χ0n) is 27.0. The van der Waals surface area contributed by atoms with Crippen molar-refractivity contribution in [3.8, 4) is 5.75 Å². The van der Waals surface area contributed by atoms with Crippen LogP contribution in [0.25, 0.3) is 10.9 Å². The molecule has 1 aromatic heterocycles. The van der Waals surface area contributed by atoms with Crippen LogP contribution in [0.4, 0.5) is 17.1 Å². The number of aromatic nitrogens is 1. The Morgan fingerprint density at radius 3 is 2.60 bits per heavy atom. The topological polar surface area (TPSA) is 112 Å². The van der Waals surface area contributed by atoms with Gasteiger partial charge in [-0.25, -0.2) is 9.79 Å². The summed E-state index contributed by atoms with van der Waals surface area (Å²) in [5.74, 6) is -0.00340. The van der Waals surface area contributed by atoms with Crippen LogP contribution in [0.2, 0.25) is 0 Å². The number of amides is 1. The number of para-hydroxylation sites is 1. The van der Waals surface area contributed by atoms with E-state index in [4.69, 9.17) is 14.5 Å². The van der Waals surface area contributed by atoms with E-state index in [0.29, 0.717) is 35.2 Å². The molecule has 238 valence electrons. The molecule has 0 spiro atoms. The highest BCUT2D eigenvalue weighted by atomic mass is 16.5. The minimum absolute atomic E-state index is 0.294. The first-order chi connectivity index (χ1) is 21.5. The average Bonchev–Trinajstić information content (AvgIpc) is 3.35. The molecule has 0 aliphatic carbocycles. The first-order valence-electron chi connectivity index (χ1n) is 14.7. The number of guanidine groups is 1. The van der Waals surface area contributed by atoms with Gasteiger partial charge in [-0.05, 0) is 46.2 Å². The van der Waals surface area contributed by atoms with Gasteiger partial charge in [-0.1, -0.05) is 36.9 Å². The molecule has 3 aromatic rings. The molecule has 11 nitrogen and oxygen atoms in total. The third-order valence-electron chi connectivity index (χ3n) is 7.30. The van der Waals surface area contributed by atoms with Gasteiger partial charge in [0.25, 0.3) is 0 Å². The Morgan fingerprint density at radius 2 is 1.91 bits per heavy atom. The first kappa shape index (κ1) is 32.9. The summed E-state index contributed by atoms with van der Waals surface area (Å²) in [7, 11) is 9.48. The predicted molar refractivity (Wildman–Crippen MR) is 182 cm³/mol. The molecule has 1 aliphatic heterocycles. The zero-order valence-corrected chi connectivity index (χ0v) is 27.0. The van der Waals surface area contributed by atoms with Crippen LogP contribution >= 0.6 is 0 Å². The summed E-state index contributed by atoms with van der Waals surface area (Å²) < 4.78 is 13.5. The number of hydrogen-bond acceptors (Lipinski definition) is 9. The molecule has 1 amide bonds. The molecule has 1 aliphatic rings. The van der Waals surface area contributed by atoms with Gasteiger partial charge in [0.2, 0.25) is 17.4 Å². The lowest BCUT2D eigenvalue weighted by molar-refractivity contribution is -0.152. The second-order valence-corrected chi connectivity index (χ2v) is 11.3. The summed E-state index contributed by atoms with van der Waals surface area (Å²) >= 11 is 0. The average molecular weight is 614 g/mol. The fourth-order valence-electron chi connectivity index (χ4n) is 5.05.